The van der Waals surface area contributed by atoms with Gasteiger partial charge in [0.25, 0.3) is 0 Å². The monoisotopic (exact) mass is 372 g/mol. The summed E-state index contributed by atoms with van der Waals surface area (Å²) in [5.74, 6) is -0.930. The van der Waals surface area contributed by atoms with Gasteiger partial charge < -0.3 is 18.9 Å². The number of esters is 4. The van der Waals surface area contributed by atoms with Crippen molar-refractivity contribution in [3.63, 3.8) is 0 Å². The summed E-state index contributed by atoms with van der Waals surface area (Å²) in [7, 11) is 0. The quantitative estimate of drug-likeness (QED) is 0.470. The number of carbonyl (C=O) groups is 4. The Labute approximate surface area is 153 Å². The average molecular weight is 372 g/mol. The fraction of sp³-hybridized carbons (Fsp3) is 0.778. The van der Waals surface area contributed by atoms with Gasteiger partial charge >= 0.3 is 23.9 Å². The van der Waals surface area contributed by atoms with E-state index in [1.54, 1.807) is 0 Å². The Bertz CT molecular complexity index is 418. The van der Waals surface area contributed by atoms with E-state index in [0.717, 1.165) is 25.7 Å². The third-order valence-corrected chi connectivity index (χ3v) is 3.67. The van der Waals surface area contributed by atoms with Crippen molar-refractivity contribution in [1.29, 1.82) is 0 Å². The Balaban J connectivity index is 0.000000263. The van der Waals surface area contributed by atoms with Gasteiger partial charge in [-0.25, -0.2) is 0 Å². The molecule has 148 valence electrons. The maximum Gasteiger partial charge on any atom is 0.306 e. The maximum atomic E-state index is 11.0. The van der Waals surface area contributed by atoms with Crippen LogP contribution in [-0.4, -0.2) is 50.3 Å². The number of cyclic esters (lactones) is 4. The van der Waals surface area contributed by atoms with Gasteiger partial charge in [0.15, 0.2) is 0 Å². The Morgan fingerprint density at radius 3 is 0.962 bits per heavy atom. The lowest BCUT2D eigenvalue weighted by Crippen LogP contribution is -2.14. The van der Waals surface area contributed by atoms with Crippen LogP contribution in [-0.2, 0) is 38.1 Å². The molecule has 0 radical (unpaired) electrons. The number of rotatable bonds is 0. The van der Waals surface area contributed by atoms with Crippen LogP contribution in [0.1, 0.15) is 64.2 Å². The van der Waals surface area contributed by atoms with Gasteiger partial charge in [0.1, 0.15) is 0 Å². The molecule has 0 amide bonds. The predicted octanol–water partition coefficient (Wildman–Crippen LogP) is 2.07. The van der Waals surface area contributed by atoms with Gasteiger partial charge in [-0.3, -0.25) is 19.2 Å². The van der Waals surface area contributed by atoms with Crippen LogP contribution in [0.15, 0.2) is 0 Å². The second kappa shape index (κ2) is 14.1. The molecule has 2 fully saturated rings. The van der Waals surface area contributed by atoms with E-state index in [1.807, 2.05) is 0 Å². The van der Waals surface area contributed by atoms with E-state index in [2.05, 4.69) is 0 Å². The second-order valence-electron chi connectivity index (χ2n) is 6.00. The van der Waals surface area contributed by atoms with E-state index >= 15 is 0 Å². The van der Waals surface area contributed by atoms with E-state index in [1.165, 1.54) is 0 Å². The van der Waals surface area contributed by atoms with Crippen molar-refractivity contribution in [2.45, 2.75) is 64.2 Å². The van der Waals surface area contributed by atoms with E-state index < -0.39 is 0 Å². The van der Waals surface area contributed by atoms with Crippen LogP contribution in [0.5, 0.6) is 0 Å². The van der Waals surface area contributed by atoms with Crippen LogP contribution < -0.4 is 0 Å². The molecule has 26 heavy (non-hydrogen) atoms. The number of hydrogen-bond donors (Lipinski definition) is 0. The summed E-state index contributed by atoms with van der Waals surface area (Å²) >= 11 is 0. The van der Waals surface area contributed by atoms with E-state index in [9.17, 15) is 19.2 Å². The van der Waals surface area contributed by atoms with Crippen LogP contribution in [0, 0.1) is 0 Å². The van der Waals surface area contributed by atoms with Crippen LogP contribution in [0.25, 0.3) is 0 Å². The van der Waals surface area contributed by atoms with E-state index in [4.69, 9.17) is 18.9 Å². The number of ether oxygens (including phenoxy) is 4. The van der Waals surface area contributed by atoms with Crippen molar-refractivity contribution in [1.82, 2.24) is 0 Å². The molecule has 0 aromatic carbocycles. The van der Waals surface area contributed by atoms with Gasteiger partial charge in [0.05, 0.1) is 39.3 Å². The highest BCUT2D eigenvalue weighted by Crippen LogP contribution is 2.05. The fourth-order valence-electron chi connectivity index (χ4n) is 2.18. The summed E-state index contributed by atoms with van der Waals surface area (Å²) in [5, 5.41) is 0. The minimum atomic E-state index is -0.311. The van der Waals surface area contributed by atoms with Crippen LogP contribution in [0.2, 0.25) is 0 Å². The summed E-state index contributed by atoms with van der Waals surface area (Å²) < 4.78 is 19.6. The lowest BCUT2D eigenvalue weighted by atomic mass is 10.2. The molecule has 2 heterocycles. The van der Waals surface area contributed by atoms with Crippen molar-refractivity contribution < 1.29 is 38.1 Å². The topological polar surface area (TPSA) is 105 Å². The van der Waals surface area contributed by atoms with Crippen molar-refractivity contribution in [2.75, 3.05) is 26.4 Å². The summed E-state index contributed by atoms with van der Waals surface area (Å²) in [6.45, 7) is 1.76. The summed E-state index contributed by atoms with van der Waals surface area (Å²) in [6, 6.07) is 0. The van der Waals surface area contributed by atoms with Gasteiger partial charge in [-0.1, -0.05) is 0 Å². The maximum absolute atomic E-state index is 11.0. The largest absolute Gasteiger partial charge is 0.466 e. The smallest absolute Gasteiger partial charge is 0.306 e. The van der Waals surface area contributed by atoms with Gasteiger partial charge in [-0.2, -0.15) is 0 Å². The second-order valence-corrected chi connectivity index (χ2v) is 6.00. The molecule has 8 heteroatoms. The normalized spacial score (nSPS) is 21.2. The lowest BCUT2D eigenvalue weighted by Gasteiger charge is -2.08. The molecule has 2 aliphatic heterocycles. The molecule has 2 saturated heterocycles. The first kappa shape index (κ1) is 21.9. The molecule has 8 nitrogen and oxygen atoms in total. The SMILES string of the molecule is O=C1CCC(=O)OCCCCO1.O=C1CCCCC(=O)OCCCCO1. The highest BCUT2D eigenvalue weighted by atomic mass is 16.5. The zero-order chi connectivity index (χ0) is 19.0. The first-order valence-corrected chi connectivity index (χ1v) is 9.20. The average Bonchev–Trinajstić information content (AvgIpc) is 2.62. The van der Waals surface area contributed by atoms with Crippen molar-refractivity contribution in [3.8, 4) is 0 Å². The zero-order valence-electron chi connectivity index (χ0n) is 15.2. The predicted molar refractivity (Wildman–Crippen MR) is 90.0 cm³/mol. The van der Waals surface area contributed by atoms with Crippen LogP contribution in [0.4, 0.5) is 0 Å². The van der Waals surface area contributed by atoms with Crippen molar-refractivity contribution in [2.24, 2.45) is 0 Å². The highest BCUT2D eigenvalue weighted by molar-refractivity contribution is 5.77. The Kier molecular flexibility index (Phi) is 11.9. The standard InChI is InChI=1S/C10H16O4.C8H12O4/c11-9-5-1-2-6-10(12)14-8-4-3-7-13-9;9-7-3-4-8(10)12-6-2-1-5-11-7/h1-8H2;1-6H2. The molecule has 0 aromatic rings. The van der Waals surface area contributed by atoms with E-state index in [-0.39, 0.29) is 36.7 Å². The molecule has 0 aromatic heterocycles. The fourth-order valence-corrected chi connectivity index (χ4v) is 2.18. The van der Waals surface area contributed by atoms with Gasteiger partial charge in [0, 0.05) is 12.8 Å². The molecule has 0 unspecified atom stereocenters. The number of hydrogen-bond acceptors (Lipinski definition) is 8. The van der Waals surface area contributed by atoms with Gasteiger partial charge in [-0.15, -0.1) is 0 Å². The molecule has 2 aliphatic rings. The molecular formula is C18H28O8. The minimum Gasteiger partial charge on any atom is -0.466 e. The summed E-state index contributed by atoms with van der Waals surface area (Å²) in [5.41, 5.74) is 0. The highest BCUT2D eigenvalue weighted by Gasteiger charge is 2.10. The summed E-state index contributed by atoms with van der Waals surface area (Å²) in [6.07, 6.45) is 5.55. The molecular weight excluding hydrogens is 344 g/mol. The first-order chi connectivity index (χ1) is 12.6. The third kappa shape index (κ3) is 12.3. The van der Waals surface area contributed by atoms with Crippen LogP contribution in [0.3, 0.4) is 0 Å². The van der Waals surface area contributed by atoms with E-state index in [0.29, 0.717) is 52.1 Å². The van der Waals surface area contributed by atoms with Crippen molar-refractivity contribution in [3.05, 3.63) is 0 Å². The van der Waals surface area contributed by atoms with Crippen LogP contribution >= 0.6 is 0 Å². The Morgan fingerprint density at radius 1 is 0.385 bits per heavy atom. The Hall–Kier alpha value is -2.12. The molecule has 0 saturated carbocycles. The molecule has 2 rings (SSSR count). The molecule has 0 spiro atoms. The Morgan fingerprint density at radius 2 is 0.654 bits per heavy atom. The lowest BCUT2D eigenvalue weighted by molar-refractivity contribution is -0.152. The zero-order valence-corrected chi connectivity index (χ0v) is 15.2. The molecule has 0 aliphatic carbocycles. The summed E-state index contributed by atoms with van der Waals surface area (Å²) in [4.78, 5) is 43.7. The van der Waals surface area contributed by atoms with Gasteiger partial charge in [0.2, 0.25) is 0 Å². The van der Waals surface area contributed by atoms with Crippen molar-refractivity contribution >= 4 is 23.9 Å². The third-order valence-electron chi connectivity index (χ3n) is 3.67. The molecule has 0 bridgehead atoms. The minimum absolute atomic E-state index is 0.138. The first-order valence-electron chi connectivity index (χ1n) is 9.20. The molecule has 0 N–H and O–H groups in total. The molecule has 0 atom stereocenters. The number of carbonyl (C=O) groups excluding carboxylic acids is 4. The van der Waals surface area contributed by atoms with Gasteiger partial charge in [-0.05, 0) is 38.5 Å².